The van der Waals surface area contributed by atoms with Crippen molar-refractivity contribution in [2.75, 3.05) is 26.2 Å². The Morgan fingerprint density at radius 1 is 1.36 bits per heavy atom. The second-order valence-corrected chi connectivity index (χ2v) is 8.63. The number of halogens is 1. The van der Waals surface area contributed by atoms with E-state index < -0.39 is 5.97 Å². The summed E-state index contributed by atoms with van der Waals surface area (Å²) in [7, 11) is 0. The van der Waals surface area contributed by atoms with Crippen molar-refractivity contribution in [1.29, 1.82) is 0 Å². The van der Waals surface area contributed by atoms with Crippen molar-refractivity contribution in [2.24, 2.45) is 11.3 Å². The number of aliphatic carboxylic acids is 1. The Labute approximate surface area is 158 Å². The summed E-state index contributed by atoms with van der Waals surface area (Å²) in [4.78, 5) is 12.9. The van der Waals surface area contributed by atoms with Crippen molar-refractivity contribution in [3.8, 4) is 5.75 Å². The number of nitrogens with zero attached hydrogens (tertiary/aromatic N) is 1. The van der Waals surface area contributed by atoms with Gasteiger partial charge in [0, 0.05) is 10.0 Å². The highest BCUT2D eigenvalue weighted by atomic mass is 79.9. The van der Waals surface area contributed by atoms with Crippen molar-refractivity contribution < 1.29 is 14.6 Å². The maximum atomic E-state index is 10.9. The van der Waals surface area contributed by atoms with Crippen LogP contribution in [-0.2, 0) is 4.79 Å². The summed E-state index contributed by atoms with van der Waals surface area (Å²) in [5, 5.41) is 8.93. The summed E-state index contributed by atoms with van der Waals surface area (Å²) < 4.78 is 7.11. The molecule has 5 heteroatoms. The lowest BCUT2D eigenvalue weighted by Gasteiger charge is -2.39. The molecular weight excluding hydrogens is 382 g/mol. The molecule has 0 aromatic heterocycles. The van der Waals surface area contributed by atoms with Gasteiger partial charge in [0.1, 0.15) is 5.75 Å². The Balaban J connectivity index is 1.43. The summed E-state index contributed by atoms with van der Waals surface area (Å²) in [5.74, 6) is 1.02. The zero-order valence-corrected chi connectivity index (χ0v) is 16.6. The number of piperidine rings is 1. The minimum atomic E-state index is -0.708. The first kappa shape index (κ1) is 18.7. The van der Waals surface area contributed by atoms with Gasteiger partial charge in [0.2, 0.25) is 0 Å². The Morgan fingerprint density at radius 2 is 2.12 bits per heavy atom. The molecule has 0 bridgehead atoms. The van der Waals surface area contributed by atoms with Crippen LogP contribution in [0.15, 0.2) is 22.7 Å². The van der Waals surface area contributed by atoms with Gasteiger partial charge in [-0.15, -0.1) is 0 Å². The number of benzene rings is 1. The van der Waals surface area contributed by atoms with Gasteiger partial charge in [-0.1, -0.05) is 22.0 Å². The minimum Gasteiger partial charge on any atom is -0.493 e. The fourth-order valence-electron chi connectivity index (χ4n) is 4.48. The SMILES string of the molecule is Cc1c(Br)cccc1OCC[C@@H]1CCC2(CCN(CC(=O)O)CC2)C1. The molecule has 0 radical (unpaired) electrons. The molecule has 0 amide bonds. The van der Waals surface area contributed by atoms with E-state index in [1.165, 1.54) is 19.3 Å². The molecule has 1 atom stereocenters. The van der Waals surface area contributed by atoms with Gasteiger partial charge in [-0.05, 0) is 82.0 Å². The van der Waals surface area contributed by atoms with Crippen LogP contribution in [0.3, 0.4) is 0 Å². The normalized spacial score (nSPS) is 23.0. The molecule has 1 aliphatic carbocycles. The third kappa shape index (κ3) is 4.76. The summed E-state index contributed by atoms with van der Waals surface area (Å²) in [6, 6.07) is 6.09. The van der Waals surface area contributed by atoms with Crippen molar-refractivity contribution in [3.63, 3.8) is 0 Å². The molecular formula is C20H28BrNO3. The third-order valence-corrected chi connectivity index (χ3v) is 6.94. The quantitative estimate of drug-likeness (QED) is 0.751. The lowest BCUT2D eigenvalue weighted by Crippen LogP contribution is -2.41. The van der Waals surface area contributed by atoms with Crippen LogP contribution in [-0.4, -0.2) is 42.2 Å². The predicted molar refractivity (Wildman–Crippen MR) is 102 cm³/mol. The first-order valence-electron chi connectivity index (χ1n) is 9.29. The van der Waals surface area contributed by atoms with Crippen LogP contribution in [0, 0.1) is 18.3 Å². The predicted octanol–water partition coefficient (Wildman–Crippen LogP) is 4.49. The molecule has 1 heterocycles. The molecule has 1 aliphatic heterocycles. The van der Waals surface area contributed by atoms with Crippen molar-refractivity contribution in [3.05, 3.63) is 28.2 Å². The minimum absolute atomic E-state index is 0.194. The van der Waals surface area contributed by atoms with Crippen LogP contribution in [0.5, 0.6) is 5.75 Å². The molecule has 1 saturated carbocycles. The molecule has 1 spiro atoms. The van der Waals surface area contributed by atoms with Gasteiger partial charge in [0.05, 0.1) is 13.2 Å². The summed E-state index contributed by atoms with van der Waals surface area (Å²) >= 11 is 3.55. The summed E-state index contributed by atoms with van der Waals surface area (Å²) in [6.07, 6.45) is 7.31. The van der Waals surface area contributed by atoms with Crippen LogP contribution in [0.1, 0.15) is 44.1 Å². The smallest absolute Gasteiger partial charge is 0.317 e. The molecule has 2 aliphatic rings. The van der Waals surface area contributed by atoms with E-state index in [9.17, 15) is 4.79 Å². The highest BCUT2D eigenvalue weighted by Crippen LogP contribution is 2.49. The number of ether oxygens (including phenoxy) is 1. The van der Waals surface area contributed by atoms with E-state index in [1.807, 2.05) is 18.2 Å². The van der Waals surface area contributed by atoms with Gasteiger partial charge in [0.15, 0.2) is 0 Å². The molecule has 138 valence electrons. The van der Waals surface area contributed by atoms with E-state index in [4.69, 9.17) is 9.84 Å². The molecule has 0 unspecified atom stereocenters. The molecule has 1 aromatic carbocycles. The first-order chi connectivity index (χ1) is 12.0. The number of hydrogen-bond acceptors (Lipinski definition) is 3. The standard InChI is InChI=1S/C20H28BrNO3/c1-15-17(21)3-2-4-18(15)25-12-6-16-5-7-20(13-16)8-10-22(11-9-20)14-19(23)24/h2-4,16H,5-14H2,1H3,(H,23,24)/t16-/m0/s1. The average molecular weight is 410 g/mol. The zero-order valence-electron chi connectivity index (χ0n) is 15.0. The van der Waals surface area contributed by atoms with E-state index in [2.05, 4.69) is 27.8 Å². The molecule has 3 rings (SSSR count). The number of likely N-dealkylation sites (tertiary alicyclic amines) is 1. The molecule has 25 heavy (non-hydrogen) atoms. The highest BCUT2D eigenvalue weighted by Gasteiger charge is 2.41. The lowest BCUT2D eigenvalue weighted by molar-refractivity contribution is -0.138. The van der Waals surface area contributed by atoms with E-state index in [-0.39, 0.29) is 6.54 Å². The second-order valence-electron chi connectivity index (χ2n) is 7.78. The van der Waals surface area contributed by atoms with Gasteiger partial charge in [-0.2, -0.15) is 0 Å². The Morgan fingerprint density at radius 3 is 2.84 bits per heavy atom. The van der Waals surface area contributed by atoms with Gasteiger partial charge >= 0.3 is 5.97 Å². The fourth-order valence-corrected chi connectivity index (χ4v) is 4.83. The van der Waals surface area contributed by atoms with Crippen molar-refractivity contribution >= 4 is 21.9 Å². The Kier molecular flexibility index (Phi) is 6.05. The number of carboxylic acids is 1. The van der Waals surface area contributed by atoms with Crippen molar-refractivity contribution in [2.45, 2.75) is 45.4 Å². The van der Waals surface area contributed by atoms with E-state index in [0.717, 1.165) is 60.7 Å². The van der Waals surface area contributed by atoms with Crippen LogP contribution in [0.2, 0.25) is 0 Å². The Bertz CT molecular complexity index is 611. The maximum Gasteiger partial charge on any atom is 0.317 e. The molecule has 1 N–H and O–H groups in total. The van der Waals surface area contributed by atoms with E-state index in [0.29, 0.717) is 5.41 Å². The second kappa shape index (κ2) is 8.09. The first-order valence-corrected chi connectivity index (χ1v) is 10.1. The maximum absolute atomic E-state index is 10.9. The monoisotopic (exact) mass is 409 g/mol. The van der Waals surface area contributed by atoms with Crippen LogP contribution in [0.25, 0.3) is 0 Å². The average Bonchev–Trinajstić information content (AvgIpc) is 2.96. The largest absolute Gasteiger partial charge is 0.493 e. The number of rotatable bonds is 6. The van der Waals surface area contributed by atoms with Crippen LogP contribution >= 0.6 is 15.9 Å². The molecule has 4 nitrogen and oxygen atoms in total. The number of carboxylic acid groups (broad SMARTS) is 1. The van der Waals surface area contributed by atoms with Gasteiger partial charge in [-0.3, -0.25) is 9.69 Å². The topological polar surface area (TPSA) is 49.8 Å². The highest BCUT2D eigenvalue weighted by molar-refractivity contribution is 9.10. The summed E-state index contributed by atoms with van der Waals surface area (Å²) in [6.45, 7) is 4.93. The van der Waals surface area contributed by atoms with Crippen LogP contribution < -0.4 is 4.74 Å². The zero-order chi connectivity index (χ0) is 17.9. The fraction of sp³-hybridized carbons (Fsp3) is 0.650. The van der Waals surface area contributed by atoms with Gasteiger partial charge < -0.3 is 9.84 Å². The van der Waals surface area contributed by atoms with Gasteiger partial charge in [0.25, 0.3) is 0 Å². The number of carbonyl (C=O) groups is 1. The lowest BCUT2D eigenvalue weighted by atomic mass is 9.76. The summed E-state index contributed by atoms with van der Waals surface area (Å²) in [5.41, 5.74) is 1.63. The van der Waals surface area contributed by atoms with E-state index >= 15 is 0 Å². The van der Waals surface area contributed by atoms with Gasteiger partial charge in [-0.25, -0.2) is 0 Å². The van der Waals surface area contributed by atoms with Crippen molar-refractivity contribution in [1.82, 2.24) is 4.90 Å². The molecule has 2 fully saturated rings. The third-order valence-electron chi connectivity index (χ3n) is 6.08. The van der Waals surface area contributed by atoms with E-state index in [1.54, 1.807) is 0 Å². The van der Waals surface area contributed by atoms with Crippen LogP contribution in [0.4, 0.5) is 0 Å². The number of hydrogen-bond donors (Lipinski definition) is 1. The molecule has 1 aromatic rings. The molecule has 1 saturated heterocycles. The Hall–Kier alpha value is -1.07.